The van der Waals surface area contributed by atoms with Crippen molar-refractivity contribution in [1.82, 2.24) is 0 Å². The first-order chi connectivity index (χ1) is 9.08. The molecule has 2 aromatic rings. The molecular formula is C17H22N2. The fraction of sp³-hybridized carbons (Fsp3) is 0.294. The van der Waals surface area contributed by atoms with Crippen molar-refractivity contribution in [3.63, 3.8) is 0 Å². The van der Waals surface area contributed by atoms with E-state index in [0.717, 1.165) is 5.69 Å². The van der Waals surface area contributed by atoms with Gasteiger partial charge in [-0.05, 0) is 43.2 Å². The topological polar surface area (TPSA) is 15.3 Å². The minimum Gasteiger partial charge on any atom is -0.378 e. The predicted molar refractivity (Wildman–Crippen MR) is 84.0 cm³/mol. The predicted octanol–water partition coefficient (Wildman–Crippen LogP) is 4.23. The van der Waals surface area contributed by atoms with Gasteiger partial charge in [0.1, 0.15) is 0 Å². The molecule has 0 bridgehead atoms. The maximum atomic E-state index is 3.57. The molecule has 0 aromatic heterocycles. The van der Waals surface area contributed by atoms with Gasteiger partial charge in [-0.1, -0.05) is 30.3 Å². The van der Waals surface area contributed by atoms with Gasteiger partial charge in [-0.25, -0.2) is 0 Å². The number of nitrogens with one attached hydrogen (secondary N) is 1. The van der Waals surface area contributed by atoms with E-state index in [1.165, 1.54) is 16.8 Å². The lowest BCUT2D eigenvalue weighted by Gasteiger charge is -2.19. The van der Waals surface area contributed by atoms with Crippen molar-refractivity contribution in [1.29, 1.82) is 0 Å². The molecule has 0 aliphatic carbocycles. The Morgan fingerprint density at radius 3 is 2.42 bits per heavy atom. The van der Waals surface area contributed by atoms with Crippen LogP contribution >= 0.6 is 0 Å². The molecule has 0 saturated carbocycles. The highest BCUT2D eigenvalue weighted by atomic mass is 15.1. The van der Waals surface area contributed by atoms with Gasteiger partial charge in [0.05, 0.1) is 0 Å². The standard InChI is InChI=1S/C17H22N2/c1-13-8-5-6-11-17(13)14(2)18-15-9-7-10-16(12-15)19(3)4/h5-12,14,18H,1-4H3. The maximum Gasteiger partial charge on any atom is 0.0488 e. The largest absolute Gasteiger partial charge is 0.378 e. The van der Waals surface area contributed by atoms with Crippen LogP contribution in [0.4, 0.5) is 11.4 Å². The molecule has 1 atom stereocenters. The van der Waals surface area contributed by atoms with Crippen LogP contribution < -0.4 is 10.2 Å². The van der Waals surface area contributed by atoms with Gasteiger partial charge in [0.2, 0.25) is 0 Å². The molecule has 0 heterocycles. The van der Waals surface area contributed by atoms with Crippen LogP contribution in [-0.4, -0.2) is 14.1 Å². The van der Waals surface area contributed by atoms with E-state index in [2.05, 4.69) is 86.7 Å². The van der Waals surface area contributed by atoms with Crippen LogP contribution in [0.5, 0.6) is 0 Å². The summed E-state index contributed by atoms with van der Waals surface area (Å²) in [6.07, 6.45) is 0. The van der Waals surface area contributed by atoms with Crippen LogP contribution in [0, 0.1) is 6.92 Å². The zero-order valence-corrected chi connectivity index (χ0v) is 12.1. The van der Waals surface area contributed by atoms with E-state index in [1.54, 1.807) is 0 Å². The Balaban J connectivity index is 2.17. The van der Waals surface area contributed by atoms with Crippen molar-refractivity contribution >= 4 is 11.4 Å². The van der Waals surface area contributed by atoms with Crippen molar-refractivity contribution in [3.8, 4) is 0 Å². The van der Waals surface area contributed by atoms with Crippen LogP contribution in [0.3, 0.4) is 0 Å². The summed E-state index contributed by atoms with van der Waals surface area (Å²) in [5.41, 5.74) is 5.04. The third-order valence-corrected chi connectivity index (χ3v) is 3.40. The SMILES string of the molecule is Cc1ccccc1C(C)Nc1cccc(N(C)C)c1. The van der Waals surface area contributed by atoms with E-state index in [1.807, 2.05) is 0 Å². The van der Waals surface area contributed by atoms with Crippen molar-refractivity contribution < 1.29 is 0 Å². The summed E-state index contributed by atoms with van der Waals surface area (Å²) < 4.78 is 0. The molecule has 100 valence electrons. The highest BCUT2D eigenvalue weighted by Crippen LogP contribution is 2.24. The summed E-state index contributed by atoms with van der Waals surface area (Å²) in [5, 5.41) is 3.57. The van der Waals surface area contributed by atoms with E-state index in [9.17, 15) is 0 Å². The molecule has 0 saturated heterocycles. The Bertz CT molecular complexity index is 546. The summed E-state index contributed by atoms with van der Waals surface area (Å²) in [4.78, 5) is 2.11. The fourth-order valence-electron chi connectivity index (χ4n) is 2.27. The van der Waals surface area contributed by atoms with Crippen LogP contribution in [-0.2, 0) is 0 Å². The number of anilines is 2. The molecular weight excluding hydrogens is 232 g/mol. The van der Waals surface area contributed by atoms with Crippen LogP contribution in [0.15, 0.2) is 48.5 Å². The average molecular weight is 254 g/mol. The van der Waals surface area contributed by atoms with Gasteiger partial charge in [-0.2, -0.15) is 0 Å². The lowest BCUT2D eigenvalue weighted by molar-refractivity contribution is 0.874. The molecule has 1 unspecified atom stereocenters. The quantitative estimate of drug-likeness (QED) is 0.878. The Kier molecular flexibility index (Phi) is 4.10. The molecule has 0 radical (unpaired) electrons. The monoisotopic (exact) mass is 254 g/mol. The number of hydrogen-bond acceptors (Lipinski definition) is 2. The molecule has 0 amide bonds. The van der Waals surface area contributed by atoms with Gasteiger partial charge in [-0.15, -0.1) is 0 Å². The third kappa shape index (κ3) is 3.28. The molecule has 2 nitrogen and oxygen atoms in total. The van der Waals surface area contributed by atoms with Gasteiger partial charge < -0.3 is 10.2 Å². The van der Waals surface area contributed by atoms with Crippen molar-refractivity contribution in [2.45, 2.75) is 19.9 Å². The third-order valence-electron chi connectivity index (χ3n) is 3.40. The first kappa shape index (κ1) is 13.5. The summed E-state index contributed by atoms with van der Waals surface area (Å²) in [6.45, 7) is 4.36. The summed E-state index contributed by atoms with van der Waals surface area (Å²) in [7, 11) is 4.12. The summed E-state index contributed by atoms with van der Waals surface area (Å²) >= 11 is 0. The maximum absolute atomic E-state index is 3.57. The average Bonchev–Trinajstić information content (AvgIpc) is 2.39. The fourth-order valence-corrected chi connectivity index (χ4v) is 2.27. The Hall–Kier alpha value is -1.96. The van der Waals surface area contributed by atoms with Gasteiger partial charge in [0.15, 0.2) is 0 Å². The second kappa shape index (κ2) is 5.79. The number of benzene rings is 2. The second-order valence-corrected chi connectivity index (χ2v) is 5.17. The molecule has 0 spiro atoms. The highest BCUT2D eigenvalue weighted by Gasteiger charge is 2.08. The lowest BCUT2D eigenvalue weighted by Crippen LogP contribution is -2.11. The molecule has 2 aromatic carbocycles. The van der Waals surface area contributed by atoms with Gasteiger partial charge in [-0.3, -0.25) is 0 Å². The number of hydrogen-bond donors (Lipinski definition) is 1. The lowest BCUT2D eigenvalue weighted by atomic mass is 10.0. The molecule has 19 heavy (non-hydrogen) atoms. The van der Waals surface area contributed by atoms with Crippen LogP contribution in [0.1, 0.15) is 24.1 Å². The van der Waals surface area contributed by atoms with Crippen LogP contribution in [0.2, 0.25) is 0 Å². The van der Waals surface area contributed by atoms with Crippen molar-refractivity contribution in [2.24, 2.45) is 0 Å². The second-order valence-electron chi connectivity index (χ2n) is 5.17. The van der Waals surface area contributed by atoms with Crippen molar-refractivity contribution in [2.75, 3.05) is 24.3 Å². The number of rotatable bonds is 4. The molecule has 0 fully saturated rings. The van der Waals surface area contributed by atoms with Gasteiger partial charge in [0, 0.05) is 31.5 Å². The Labute approximate surface area is 116 Å². The number of nitrogens with zero attached hydrogens (tertiary/aromatic N) is 1. The van der Waals surface area contributed by atoms with Crippen molar-refractivity contribution in [3.05, 3.63) is 59.7 Å². The minimum absolute atomic E-state index is 0.304. The smallest absolute Gasteiger partial charge is 0.0488 e. The zero-order chi connectivity index (χ0) is 13.8. The minimum atomic E-state index is 0.304. The van der Waals surface area contributed by atoms with E-state index >= 15 is 0 Å². The van der Waals surface area contributed by atoms with Gasteiger partial charge >= 0.3 is 0 Å². The highest BCUT2D eigenvalue weighted by molar-refractivity contribution is 5.58. The zero-order valence-electron chi connectivity index (χ0n) is 12.1. The Morgan fingerprint density at radius 2 is 1.74 bits per heavy atom. The van der Waals surface area contributed by atoms with E-state index < -0.39 is 0 Å². The summed E-state index contributed by atoms with van der Waals surface area (Å²) in [5.74, 6) is 0. The van der Waals surface area contributed by atoms with E-state index in [-0.39, 0.29) is 0 Å². The summed E-state index contributed by atoms with van der Waals surface area (Å²) in [6, 6.07) is 17.3. The Morgan fingerprint density at radius 1 is 1.00 bits per heavy atom. The molecule has 0 aliphatic heterocycles. The van der Waals surface area contributed by atoms with E-state index in [4.69, 9.17) is 0 Å². The normalized spacial score (nSPS) is 12.0. The molecule has 0 aliphatic rings. The van der Waals surface area contributed by atoms with Gasteiger partial charge in [0.25, 0.3) is 0 Å². The van der Waals surface area contributed by atoms with E-state index in [0.29, 0.717) is 6.04 Å². The molecule has 2 heteroatoms. The molecule has 2 rings (SSSR count). The molecule has 1 N–H and O–H groups in total. The number of aryl methyl sites for hydroxylation is 1. The first-order valence-electron chi connectivity index (χ1n) is 6.67. The first-order valence-corrected chi connectivity index (χ1v) is 6.67. The van der Waals surface area contributed by atoms with Crippen LogP contribution in [0.25, 0.3) is 0 Å².